The van der Waals surface area contributed by atoms with Gasteiger partial charge in [-0.15, -0.1) is 0 Å². The zero-order chi connectivity index (χ0) is 10.2. The van der Waals surface area contributed by atoms with Gasteiger partial charge in [0.1, 0.15) is 0 Å². The van der Waals surface area contributed by atoms with Crippen molar-refractivity contribution in [2.24, 2.45) is 5.84 Å². The molecule has 0 bridgehead atoms. The number of carbonyl (C=O) groups excluding carboxylic acids is 1. The van der Waals surface area contributed by atoms with Gasteiger partial charge in [0.05, 0.1) is 0 Å². The van der Waals surface area contributed by atoms with Gasteiger partial charge in [-0.1, -0.05) is 19.3 Å². The summed E-state index contributed by atoms with van der Waals surface area (Å²) < 4.78 is 0. The van der Waals surface area contributed by atoms with Crippen molar-refractivity contribution in [2.75, 3.05) is 19.6 Å². The Morgan fingerprint density at radius 2 is 1.71 bits per heavy atom. The Morgan fingerprint density at radius 3 is 2.29 bits per heavy atom. The van der Waals surface area contributed by atoms with E-state index in [0.717, 1.165) is 19.6 Å². The van der Waals surface area contributed by atoms with Crippen molar-refractivity contribution in [3.05, 3.63) is 0 Å². The predicted octanol–water partition coefficient (Wildman–Crippen LogP) is 0.632. The maximum atomic E-state index is 10.9. The molecule has 0 atom stereocenters. The van der Waals surface area contributed by atoms with Gasteiger partial charge in [-0.2, -0.15) is 0 Å². The van der Waals surface area contributed by atoms with Crippen molar-refractivity contribution in [3.63, 3.8) is 0 Å². The summed E-state index contributed by atoms with van der Waals surface area (Å²) in [6.07, 6.45) is 7.10. The van der Waals surface area contributed by atoms with Gasteiger partial charge in [-0.3, -0.25) is 10.2 Å². The molecule has 0 radical (unpaired) electrons. The number of nitrogens with two attached hydrogens (primary N) is 1. The fourth-order valence-electron chi connectivity index (χ4n) is 1.87. The molecular formula is C10H21N3O. The topological polar surface area (TPSA) is 58.4 Å². The average Bonchev–Trinajstić information content (AvgIpc) is 2.15. The van der Waals surface area contributed by atoms with E-state index < -0.39 is 0 Å². The van der Waals surface area contributed by atoms with Crippen molar-refractivity contribution in [1.29, 1.82) is 0 Å². The lowest BCUT2D eigenvalue weighted by molar-refractivity contribution is -0.121. The number of nitrogens with zero attached hydrogens (tertiary/aromatic N) is 1. The third-order valence-electron chi connectivity index (χ3n) is 2.76. The smallest absolute Gasteiger partial charge is 0.235 e. The van der Waals surface area contributed by atoms with Gasteiger partial charge in [-0.05, 0) is 25.9 Å². The third-order valence-corrected chi connectivity index (χ3v) is 2.76. The van der Waals surface area contributed by atoms with E-state index in [9.17, 15) is 4.79 Å². The van der Waals surface area contributed by atoms with E-state index in [4.69, 9.17) is 5.84 Å². The summed E-state index contributed by atoms with van der Waals surface area (Å²) in [4.78, 5) is 13.3. The highest BCUT2D eigenvalue weighted by molar-refractivity contribution is 5.75. The van der Waals surface area contributed by atoms with Crippen molar-refractivity contribution < 1.29 is 4.79 Å². The summed E-state index contributed by atoms with van der Waals surface area (Å²) in [5, 5.41) is 0. The van der Waals surface area contributed by atoms with E-state index in [2.05, 4.69) is 10.3 Å². The Labute approximate surface area is 85.8 Å². The number of nitrogens with one attached hydrogen (secondary N) is 1. The molecule has 4 heteroatoms. The monoisotopic (exact) mass is 199 g/mol. The Morgan fingerprint density at radius 1 is 1.14 bits per heavy atom. The van der Waals surface area contributed by atoms with Gasteiger partial charge < -0.3 is 4.90 Å². The Kier molecular flexibility index (Phi) is 5.56. The minimum absolute atomic E-state index is 0.0629. The molecule has 0 aromatic rings. The maximum Gasteiger partial charge on any atom is 0.235 e. The largest absolute Gasteiger partial charge is 0.303 e. The lowest BCUT2D eigenvalue weighted by atomic mass is 10.1. The Balaban J connectivity index is 2.16. The zero-order valence-electron chi connectivity index (χ0n) is 8.80. The van der Waals surface area contributed by atoms with E-state index in [0.29, 0.717) is 6.42 Å². The molecule has 0 aliphatic carbocycles. The van der Waals surface area contributed by atoms with Crippen LogP contribution in [0.5, 0.6) is 0 Å². The number of hydrogen-bond acceptors (Lipinski definition) is 3. The van der Waals surface area contributed by atoms with Crippen LogP contribution < -0.4 is 11.3 Å². The van der Waals surface area contributed by atoms with Crippen LogP contribution in [0.1, 0.15) is 38.5 Å². The molecule has 1 aliphatic heterocycles. The molecule has 82 valence electrons. The number of amides is 1. The molecule has 1 heterocycles. The summed E-state index contributed by atoms with van der Waals surface area (Å²) in [5.41, 5.74) is 2.17. The molecule has 0 saturated carbocycles. The van der Waals surface area contributed by atoms with Crippen LogP contribution in [0.25, 0.3) is 0 Å². The van der Waals surface area contributed by atoms with Gasteiger partial charge in [0.25, 0.3) is 0 Å². The van der Waals surface area contributed by atoms with Crippen LogP contribution in [0.3, 0.4) is 0 Å². The summed E-state index contributed by atoms with van der Waals surface area (Å²) in [6.45, 7) is 3.12. The molecule has 0 spiro atoms. The molecule has 0 aromatic heterocycles. The number of carbonyl (C=O) groups is 1. The van der Waals surface area contributed by atoms with Crippen LogP contribution in [-0.4, -0.2) is 30.4 Å². The second-order valence-corrected chi connectivity index (χ2v) is 3.93. The molecule has 1 saturated heterocycles. The Bertz CT molecular complexity index is 165. The van der Waals surface area contributed by atoms with E-state index >= 15 is 0 Å². The molecule has 3 N–H and O–H groups in total. The van der Waals surface area contributed by atoms with Crippen LogP contribution in [-0.2, 0) is 4.79 Å². The number of rotatable bonds is 3. The SMILES string of the molecule is NNC(=O)CCN1CCCCCCC1. The number of hydrazine groups is 1. The quantitative estimate of drug-likeness (QED) is 0.398. The van der Waals surface area contributed by atoms with Crippen molar-refractivity contribution in [3.8, 4) is 0 Å². The lowest BCUT2D eigenvalue weighted by Crippen LogP contribution is -2.35. The second kappa shape index (κ2) is 6.79. The standard InChI is InChI=1S/C10H21N3O/c11-12-10(14)6-9-13-7-4-2-1-3-5-8-13/h1-9,11H2,(H,12,14). The molecule has 1 rings (SSSR count). The molecule has 14 heavy (non-hydrogen) atoms. The first kappa shape index (κ1) is 11.5. The van der Waals surface area contributed by atoms with E-state index in [1.54, 1.807) is 0 Å². The minimum Gasteiger partial charge on any atom is -0.303 e. The highest BCUT2D eigenvalue weighted by Gasteiger charge is 2.09. The van der Waals surface area contributed by atoms with Crippen molar-refractivity contribution >= 4 is 5.91 Å². The van der Waals surface area contributed by atoms with Crippen molar-refractivity contribution in [2.45, 2.75) is 38.5 Å². The second-order valence-electron chi connectivity index (χ2n) is 3.93. The maximum absolute atomic E-state index is 10.9. The van der Waals surface area contributed by atoms with Crippen LogP contribution in [0.4, 0.5) is 0 Å². The van der Waals surface area contributed by atoms with E-state index in [1.807, 2.05) is 0 Å². The first-order valence-electron chi connectivity index (χ1n) is 5.55. The van der Waals surface area contributed by atoms with Crippen LogP contribution in [0.15, 0.2) is 0 Å². The molecule has 4 nitrogen and oxygen atoms in total. The number of likely N-dealkylation sites (tertiary alicyclic amines) is 1. The van der Waals surface area contributed by atoms with Gasteiger partial charge in [0, 0.05) is 13.0 Å². The van der Waals surface area contributed by atoms with E-state index in [-0.39, 0.29) is 5.91 Å². The third kappa shape index (κ3) is 4.58. The highest BCUT2D eigenvalue weighted by Crippen LogP contribution is 2.10. The minimum atomic E-state index is -0.0629. The van der Waals surface area contributed by atoms with Gasteiger partial charge in [-0.25, -0.2) is 5.84 Å². The summed E-state index contributed by atoms with van der Waals surface area (Å²) in [7, 11) is 0. The first-order chi connectivity index (χ1) is 6.83. The van der Waals surface area contributed by atoms with Gasteiger partial charge in [0.15, 0.2) is 0 Å². The molecular weight excluding hydrogens is 178 g/mol. The average molecular weight is 199 g/mol. The summed E-state index contributed by atoms with van der Waals surface area (Å²) >= 11 is 0. The van der Waals surface area contributed by atoms with E-state index in [1.165, 1.54) is 32.1 Å². The normalized spacial score (nSPS) is 19.8. The zero-order valence-corrected chi connectivity index (χ0v) is 8.80. The lowest BCUT2D eigenvalue weighted by Gasteiger charge is -2.23. The fourth-order valence-corrected chi connectivity index (χ4v) is 1.87. The van der Waals surface area contributed by atoms with Crippen LogP contribution in [0, 0.1) is 0 Å². The molecule has 1 aliphatic rings. The van der Waals surface area contributed by atoms with Gasteiger partial charge >= 0.3 is 0 Å². The summed E-state index contributed by atoms with van der Waals surface area (Å²) in [6, 6.07) is 0. The number of hydrogen-bond donors (Lipinski definition) is 2. The first-order valence-corrected chi connectivity index (χ1v) is 5.55. The molecule has 0 aromatic carbocycles. The van der Waals surface area contributed by atoms with Crippen LogP contribution >= 0.6 is 0 Å². The van der Waals surface area contributed by atoms with Gasteiger partial charge in [0.2, 0.25) is 5.91 Å². The van der Waals surface area contributed by atoms with Crippen LogP contribution in [0.2, 0.25) is 0 Å². The highest BCUT2D eigenvalue weighted by atomic mass is 16.2. The van der Waals surface area contributed by atoms with Crippen molar-refractivity contribution in [1.82, 2.24) is 10.3 Å². The molecule has 0 unspecified atom stereocenters. The predicted molar refractivity (Wildman–Crippen MR) is 56.5 cm³/mol. The fraction of sp³-hybridized carbons (Fsp3) is 0.900. The Hall–Kier alpha value is -0.610. The molecule has 1 fully saturated rings. The summed E-state index contributed by atoms with van der Waals surface area (Å²) in [5.74, 6) is 4.96. The molecule has 1 amide bonds.